The lowest BCUT2D eigenvalue weighted by molar-refractivity contribution is 0.0714. The van der Waals surface area contributed by atoms with Crippen molar-refractivity contribution in [2.24, 2.45) is 0 Å². The molecule has 124 valence electrons. The Kier molecular flexibility index (Phi) is 3.55. The van der Waals surface area contributed by atoms with E-state index in [1.165, 1.54) is 6.33 Å². The molecule has 7 nitrogen and oxygen atoms in total. The van der Waals surface area contributed by atoms with Crippen molar-refractivity contribution in [3.63, 3.8) is 0 Å². The van der Waals surface area contributed by atoms with Gasteiger partial charge < -0.3 is 9.32 Å². The molecule has 0 aromatic carbocycles. The first-order chi connectivity index (χ1) is 11.6. The average molecular weight is 325 g/mol. The van der Waals surface area contributed by atoms with Crippen LogP contribution in [0.25, 0.3) is 5.78 Å². The second-order valence-corrected chi connectivity index (χ2v) is 6.36. The van der Waals surface area contributed by atoms with Crippen LogP contribution in [0.15, 0.2) is 35.2 Å². The summed E-state index contributed by atoms with van der Waals surface area (Å²) in [5.74, 6) is 1.41. The van der Waals surface area contributed by atoms with Gasteiger partial charge in [-0.05, 0) is 37.0 Å². The molecule has 1 aliphatic heterocycles. The van der Waals surface area contributed by atoms with Crippen LogP contribution in [0.5, 0.6) is 0 Å². The molecule has 3 aromatic rings. The summed E-state index contributed by atoms with van der Waals surface area (Å²) < 4.78 is 7.20. The molecule has 1 aliphatic rings. The van der Waals surface area contributed by atoms with Crippen molar-refractivity contribution in [3.05, 3.63) is 47.9 Å². The minimum Gasteiger partial charge on any atom is -0.467 e. The third-order valence-corrected chi connectivity index (χ3v) is 4.48. The molecule has 7 heteroatoms. The van der Waals surface area contributed by atoms with Crippen LogP contribution < -0.4 is 0 Å². The van der Waals surface area contributed by atoms with Crippen LogP contribution in [0.1, 0.15) is 60.6 Å². The van der Waals surface area contributed by atoms with E-state index in [9.17, 15) is 4.79 Å². The number of nitrogens with zero attached hydrogens (tertiary/aromatic N) is 5. The lowest BCUT2D eigenvalue weighted by atomic mass is 10.1. The quantitative estimate of drug-likeness (QED) is 0.740. The first-order valence-corrected chi connectivity index (χ1v) is 8.20. The Morgan fingerprint density at radius 1 is 1.42 bits per heavy atom. The summed E-state index contributed by atoms with van der Waals surface area (Å²) in [6.45, 7) is 4.83. The molecule has 0 unspecified atom stereocenters. The lowest BCUT2D eigenvalue weighted by Gasteiger charge is -2.23. The summed E-state index contributed by atoms with van der Waals surface area (Å²) in [6, 6.07) is 5.58. The maximum Gasteiger partial charge on any atom is 0.273 e. The van der Waals surface area contributed by atoms with E-state index >= 15 is 0 Å². The predicted octanol–water partition coefficient (Wildman–Crippen LogP) is 2.82. The van der Waals surface area contributed by atoms with Gasteiger partial charge in [0.25, 0.3) is 11.7 Å². The van der Waals surface area contributed by atoms with Crippen molar-refractivity contribution in [2.45, 2.75) is 38.6 Å². The lowest BCUT2D eigenvalue weighted by Crippen LogP contribution is -2.31. The van der Waals surface area contributed by atoms with E-state index in [1.54, 1.807) is 10.8 Å². The van der Waals surface area contributed by atoms with Crippen molar-refractivity contribution in [2.75, 3.05) is 6.54 Å². The molecule has 0 spiro atoms. The summed E-state index contributed by atoms with van der Waals surface area (Å²) >= 11 is 0. The molecule has 0 bridgehead atoms. The van der Waals surface area contributed by atoms with Crippen molar-refractivity contribution >= 4 is 11.7 Å². The zero-order valence-corrected chi connectivity index (χ0v) is 13.7. The molecule has 1 atom stereocenters. The molecule has 1 fully saturated rings. The molecule has 4 rings (SSSR count). The highest BCUT2D eigenvalue weighted by atomic mass is 16.3. The number of aromatic nitrogens is 4. The monoisotopic (exact) mass is 325 g/mol. The molecule has 0 saturated carbocycles. The number of likely N-dealkylation sites (tertiary alicyclic amines) is 1. The van der Waals surface area contributed by atoms with Gasteiger partial charge in [-0.1, -0.05) is 13.8 Å². The third-order valence-electron chi connectivity index (χ3n) is 4.48. The van der Waals surface area contributed by atoms with Gasteiger partial charge in [0.1, 0.15) is 17.8 Å². The molecular weight excluding hydrogens is 306 g/mol. The van der Waals surface area contributed by atoms with Gasteiger partial charge in [-0.25, -0.2) is 9.50 Å². The zero-order valence-electron chi connectivity index (χ0n) is 13.7. The second-order valence-electron chi connectivity index (χ2n) is 6.36. The fourth-order valence-electron chi connectivity index (χ4n) is 3.29. The molecule has 1 amide bonds. The Balaban J connectivity index is 1.72. The van der Waals surface area contributed by atoms with Gasteiger partial charge in [0.2, 0.25) is 0 Å². The van der Waals surface area contributed by atoms with Crippen molar-refractivity contribution < 1.29 is 9.21 Å². The summed E-state index contributed by atoms with van der Waals surface area (Å²) in [5.41, 5.74) is 1.34. The SMILES string of the molecule is CC(C)c1cc(C(=O)N2CCC[C@H]2c2ccco2)nc2ncnn12. The Hall–Kier alpha value is -2.70. The van der Waals surface area contributed by atoms with Gasteiger partial charge >= 0.3 is 0 Å². The summed E-state index contributed by atoms with van der Waals surface area (Å²) in [6.07, 6.45) is 4.97. The van der Waals surface area contributed by atoms with E-state index in [2.05, 4.69) is 28.9 Å². The van der Waals surface area contributed by atoms with Gasteiger partial charge in [-0.2, -0.15) is 10.1 Å². The number of fused-ring (bicyclic) bond motifs is 1. The Morgan fingerprint density at radius 2 is 2.29 bits per heavy atom. The minimum atomic E-state index is -0.0821. The van der Waals surface area contributed by atoms with Gasteiger partial charge in [-0.15, -0.1) is 0 Å². The highest BCUT2D eigenvalue weighted by Gasteiger charge is 2.33. The number of rotatable bonds is 3. The van der Waals surface area contributed by atoms with Crippen molar-refractivity contribution in [1.82, 2.24) is 24.5 Å². The molecular formula is C17H19N5O2. The predicted molar refractivity (Wildman–Crippen MR) is 86.6 cm³/mol. The molecule has 0 radical (unpaired) electrons. The van der Waals surface area contributed by atoms with Crippen molar-refractivity contribution in [3.8, 4) is 0 Å². The van der Waals surface area contributed by atoms with E-state index in [1.807, 2.05) is 23.1 Å². The molecule has 1 saturated heterocycles. The van der Waals surface area contributed by atoms with Crippen LogP contribution in [0.2, 0.25) is 0 Å². The average Bonchev–Trinajstić information content (AvgIpc) is 3.31. The Labute approximate surface area is 139 Å². The summed E-state index contributed by atoms with van der Waals surface area (Å²) in [5, 5.41) is 4.20. The van der Waals surface area contributed by atoms with Crippen molar-refractivity contribution in [1.29, 1.82) is 0 Å². The Morgan fingerprint density at radius 3 is 3.04 bits per heavy atom. The molecule has 0 N–H and O–H groups in total. The maximum atomic E-state index is 13.1. The molecule has 24 heavy (non-hydrogen) atoms. The Bertz CT molecular complexity index is 868. The van der Waals surface area contributed by atoms with Crippen LogP contribution in [-0.4, -0.2) is 36.9 Å². The van der Waals surface area contributed by atoms with E-state index in [4.69, 9.17) is 4.42 Å². The molecule has 0 aliphatic carbocycles. The van der Waals surface area contributed by atoms with E-state index in [-0.39, 0.29) is 17.9 Å². The van der Waals surface area contributed by atoms with Gasteiger partial charge in [0.05, 0.1) is 18.0 Å². The fraction of sp³-hybridized carbons (Fsp3) is 0.412. The molecule has 4 heterocycles. The largest absolute Gasteiger partial charge is 0.467 e. The first kappa shape index (κ1) is 14.9. The normalized spacial score (nSPS) is 18.0. The standard InChI is InChI=1S/C17H19N5O2/c1-11(2)14-9-12(20-17-18-10-19-22(14)17)16(23)21-7-3-5-13(21)15-6-4-8-24-15/h4,6,8-11,13H,3,5,7H2,1-2H3/t13-/m0/s1. The highest BCUT2D eigenvalue weighted by Crippen LogP contribution is 2.33. The van der Waals surface area contributed by atoms with Crippen LogP contribution in [0, 0.1) is 0 Å². The minimum absolute atomic E-state index is 0.0223. The van der Waals surface area contributed by atoms with Crippen LogP contribution in [0.4, 0.5) is 0 Å². The van der Waals surface area contributed by atoms with Gasteiger partial charge in [-0.3, -0.25) is 4.79 Å². The van der Waals surface area contributed by atoms with E-state index in [0.717, 1.165) is 24.3 Å². The van der Waals surface area contributed by atoms with E-state index in [0.29, 0.717) is 18.0 Å². The van der Waals surface area contributed by atoms with Crippen LogP contribution >= 0.6 is 0 Å². The topological polar surface area (TPSA) is 76.5 Å². The second kappa shape index (κ2) is 5.74. The van der Waals surface area contributed by atoms with Crippen LogP contribution in [-0.2, 0) is 0 Å². The third kappa shape index (κ3) is 2.36. The fourth-order valence-corrected chi connectivity index (χ4v) is 3.29. The smallest absolute Gasteiger partial charge is 0.273 e. The van der Waals surface area contributed by atoms with Gasteiger partial charge in [0, 0.05) is 6.54 Å². The molecule has 3 aromatic heterocycles. The number of furan rings is 1. The number of hydrogen-bond donors (Lipinski definition) is 0. The van der Waals surface area contributed by atoms with E-state index < -0.39 is 0 Å². The maximum absolute atomic E-state index is 13.1. The highest BCUT2D eigenvalue weighted by molar-refractivity contribution is 5.93. The number of carbonyl (C=O) groups is 1. The number of carbonyl (C=O) groups excluding carboxylic acids is 1. The summed E-state index contributed by atoms with van der Waals surface area (Å²) in [7, 11) is 0. The zero-order chi connectivity index (χ0) is 16.7. The van der Waals surface area contributed by atoms with Gasteiger partial charge in [0.15, 0.2) is 0 Å². The number of amides is 1. The summed E-state index contributed by atoms with van der Waals surface area (Å²) in [4.78, 5) is 23.5. The number of hydrogen-bond acceptors (Lipinski definition) is 5. The van der Waals surface area contributed by atoms with Crippen LogP contribution in [0.3, 0.4) is 0 Å². The first-order valence-electron chi connectivity index (χ1n) is 8.20.